The van der Waals surface area contributed by atoms with Gasteiger partial charge in [-0.25, -0.2) is 18.5 Å². The Morgan fingerprint density at radius 2 is 1.88 bits per heavy atom. The molecule has 0 aliphatic carbocycles. The maximum atomic E-state index is 12.9. The molecule has 0 saturated heterocycles. The van der Waals surface area contributed by atoms with Crippen molar-refractivity contribution in [2.45, 2.75) is 49.6 Å². The summed E-state index contributed by atoms with van der Waals surface area (Å²) in [6.07, 6.45) is 0. The highest BCUT2D eigenvalue weighted by atomic mass is 32.2. The van der Waals surface area contributed by atoms with Gasteiger partial charge in [0.05, 0.1) is 27.3 Å². The molecule has 3 N–H and O–H groups in total. The Bertz CT molecular complexity index is 1310. The number of fused-ring (bicyclic) bond motifs is 1. The van der Waals surface area contributed by atoms with Gasteiger partial charge in [-0.3, -0.25) is 9.59 Å². The number of hydrogen-bond donors (Lipinski definition) is 2. The van der Waals surface area contributed by atoms with Crippen molar-refractivity contribution in [1.82, 2.24) is 14.9 Å². The molecule has 0 aliphatic rings. The molecule has 1 amide bonds. The maximum Gasteiger partial charge on any atom is 0.259 e. The summed E-state index contributed by atoms with van der Waals surface area (Å²) in [5.74, 6) is 0.867. The fraction of sp³-hybridized carbons (Fsp3) is 0.381. The van der Waals surface area contributed by atoms with E-state index in [1.807, 2.05) is 27.7 Å². The van der Waals surface area contributed by atoms with E-state index in [0.717, 1.165) is 16.0 Å². The zero-order valence-electron chi connectivity index (χ0n) is 18.5. The molecule has 3 aromatic rings. The minimum atomic E-state index is -3.76. The van der Waals surface area contributed by atoms with Crippen molar-refractivity contribution in [3.05, 3.63) is 56.4 Å². The molecule has 2 aromatic heterocycles. The molecular weight excluding hydrogens is 468 g/mol. The topological polar surface area (TPSA) is 126 Å². The van der Waals surface area contributed by atoms with Gasteiger partial charge >= 0.3 is 0 Å². The molecule has 1 aromatic carbocycles. The van der Waals surface area contributed by atoms with Crippen LogP contribution in [0.15, 0.2) is 34.0 Å². The van der Waals surface area contributed by atoms with Gasteiger partial charge in [0.25, 0.3) is 5.56 Å². The lowest BCUT2D eigenvalue weighted by atomic mass is 10.1. The maximum absolute atomic E-state index is 12.9. The van der Waals surface area contributed by atoms with Crippen molar-refractivity contribution < 1.29 is 13.2 Å². The highest BCUT2D eigenvalue weighted by Crippen LogP contribution is 2.27. The third-order valence-corrected chi connectivity index (χ3v) is 8.70. The summed E-state index contributed by atoms with van der Waals surface area (Å²) in [4.78, 5) is 36.2. The fourth-order valence-corrected chi connectivity index (χ4v) is 5.70. The molecule has 0 aliphatic heterocycles. The highest BCUT2D eigenvalue weighted by Gasteiger charge is 2.24. The number of aryl methyl sites for hydroxylation is 2. The van der Waals surface area contributed by atoms with Crippen LogP contribution in [0.3, 0.4) is 0 Å². The van der Waals surface area contributed by atoms with Crippen molar-refractivity contribution >= 4 is 49.2 Å². The van der Waals surface area contributed by atoms with Crippen LogP contribution in [0.2, 0.25) is 0 Å². The van der Waals surface area contributed by atoms with Crippen molar-refractivity contribution in [2.24, 2.45) is 5.14 Å². The number of amides is 1. The third kappa shape index (κ3) is 5.06. The Morgan fingerprint density at radius 3 is 2.47 bits per heavy atom. The second-order valence-corrected chi connectivity index (χ2v) is 11.8. The molecule has 32 heavy (non-hydrogen) atoms. The molecule has 3 rings (SSSR count). The number of primary sulfonamides is 1. The number of nitrogens with two attached hydrogens (primary N) is 1. The average molecular weight is 495 g/mol. The number of thiophene rings is 1. The van der Waals surface area contributed by atoms with Gasteiger partial charge in [0, 0.05) is 11.9 Å². The van der Waals surface area contributed by atoms with E-state index in [1.165, 1.54) is 35.2 Å². The van der Waals surface area contributed by atoms with Crippen LogP contribution in [-0.2, 0) is 20.6 Å². The van der Waals surface area contributed by atoms with Crippen LogP contribution in [0, 0.1) is 13.8 Å². The van der Waals surface area contributed by atoms with Crippen LogP contribution in [-0.4, -0.2) is 41.5 Å². The summed E-state index contributed by atoms with van der Waals surface area (Å²) in [5, 5.41) is 5.41. The molecule has 2 atom stereocenters. The predicted octanol–water partition coefficient (Wildman–Crippen LogP) is 3.09. The first-order chi connectivity index (χ1) is 14.9. The molecule has 2 unspecified atom stereocenters. The summed E-state index contributed by atoms with van der Waals surface area (Å²) < 4.78 is 22.9. The van der Waals surface area contributed by atoms with Crippen molar-refractivity contribution in [1.29, 1.82) is 0 Å². The van der Waals surface area contributed by atoms with Crippen LogP contribution in [0.1, 0.15) is 41.7 Å². The highest BCUT2D eigenvalue weighted by molar-refractivity contribution is 7.99. The van der Waals surface area contributed by atoms with Crippen molar-refractivity contribution in [3.63, 3.8) is 0 Å². The number of hydrogen-bond acceptors (Lipinski definition) is 7. The Kier molecular flexibility index (Phi) is 7.13. The largest absolute Gasteiger partial charge is 0.338 e. The number of nitrogens with zero attached hydrogens (tertiary/aromatic N) is 2. The zero-order chi connectivity index (χ0) is 23.8. The number of thioether (sulfide) groups is 1. The van der Waals surface area contributed by atoms with E-state index in [9.17, 15) is 18.0 Å². The predicted molar refractivity (Wildman–Crippen MR) is 129 cm³/mol. The smallest absolute Gasteiger partial charge is 0.259 e. The molecule has 11 heteroatoms. The monoisotopic (exact) mass is 494 g/mol. The molecular formula is C21H26N4O4S3. The number of sulfonamides is 1. The van der Waals surface area contributed by atoms with Gasteiger partial charge in [0.2, 0.25) is 15.9 Å². The minimum Gasteiger partial charge on any atom is -0.338 e. The fourth-order valence-electron chi connectivity index (χ4n) is 3.28. The number of H-pyrrole nitrogens is 1. The molecule has 0 spiro atoms. The number of benzene rings is 1. The normalized spacial score (nSPS) is 13.8. The second kappa shape index (κ2) is 9.34. The molecule has 8 nitrogen and oxygen atoms in total. The lowest BCUT2D eigenvalue weighted by Crippen LogP contribution is -2.35. The van der Waals surface area contributed by atoms with E-state index in [0.29, 0.717) is 21.8 Å². The van der Waals surface area contributed by atoms with Crippen LogP contribution in [0.5, 0.6) is 0 Å². The summed E-state index contributed by atoms with van der Waals surface area (Å²) >= 11 is 2.89. The first-order valence-corrected chi connectivity index (χ1v) is 13.3. The summed E-state index contributed by atoms with van der Waals surface area (Å²) in [7, 11) is -2.05. The van der Waals surface area contributed by atoms with Gasteiger partial charge in [0.1, 0.15) is 10.7 Å². The van der Waals surface area contributed by atoms with Gasteiger partial charge in [-0.1, -0.05) is 12.1 Å². The molecule has 0 fully saturated rings. The van der Waals surface area contributed by atoms with E-state index in [-0.39, 0.29) is 27.7 Å². The van der Waals surface area contributed by atoms with E-state index < -0.39 is 10.0 Å². The first kappa shape index (κ1) is 24.4. The van der Waals surface area contributed by atoms with Gasteiger partial charge in [0.15, 0.2) is 0 Å². The average Bonchev–Trinajstić information content (AvgIpc) is 3.03. The van der Waals surface area contributed by atoms with Gasteiger partial charge in [-0.2, -0.15) is 0 Å². The van der Waals surface area contributed by atoms with E-state index >= 15 is 0 Å². The standard InChI is InChI=1S/C21H26N4O4S3/c1-11-13(3)31-20-18(11)19(26)23-17(24-20)10-30-14(4)21(27)25(5)12(2)15-6-8-16(9-7-15)32(22,28)29/h6-9,12,14H,10H2,1-5H3,(H2,22,28,29)(H,23,24,26). The lowest BCUT2D eigenvalue weighted by molar-refractivity contribution is -0.130. The van der Waals surface area contributed by atoms with Gasteiger partial charge in [-0.15, -0.1) is 23.1 Å². The Labute approximate surface area is 195 Å². The third-order valence-electron chi connectivity index (χ3n) is 5.53. The first-order valence-electron chi connectivity index (χ1n) is 9.90. The SMILES string of the molecule is Cc1sc2nc(CSC(C)C(=O)N(C)C(C)c3ccc(S(N)(=O)=O)cc3)[nH]c(=O)c2c1C. The number of nitrogens with one attached hydrogen (secondary N) is 1. The molecule has 0 radical (unpaired) electrons. The number of aromatic nitrogens is 2. The van der Waals surface area contributed by atoms with Crippen molar-refractivity contribution in [3.8, 4) is 0 Å². The van der Waals surface area contributed by atoms with E-state index in [4.69, 9.17) is 5.14 Å². The molecule has 0 bridgehead atoms. The van der Waals surface area contributed by atoms with Crippen LogP contribution in [0.25, 0.3) is 10.2 Å². The number of aromatic amines is 1. The Morgan fingerprint density at radius 1 is 1.25 bits per heavy atom. The lowest BCUT2D eigenvalue weighted by Gasteiger charge is -2.28. The van der Waals surface area contributed by atoms with E-state index in [2.05, 4.69) is 9.97 Å². The Balaban J connectivity index is 1.67. The Hall–Kier alpha value is -2.21. The van der Waals surface area contributed by atoms with E-state index in [1.54, 1.807) is 24.1 Å². The quantitative estimate of drug-likeness (QED) is 0.520. The number of carbonyl (C=O) groups excluding carboxylic acids is 1. The zero-order valence-corrected chi connectivity index (χ0v) is 21.0. The second-order valence-electron chi connectivity index (χ2n) is 7.67. The van der Waals surface area contributed by atoms with Gasteiger partial charge < -0.3 is 9.88 Å². The summed E-state index contributed by atoms with van der Waals surface area (Å²) in [5.41, 5.74) is 1.60. The summed E-state index contributed by atoms with van der Waals surface area (Å²) in [6.45, 7) is 7.57. The molecule has 172 valence electrons. The van der Waals surface area contributed by atoms with Crippen LogP contribution in [0.4, 0.5) is 0 Å². The number of rotatable bonds is 7. The van der Waals surface area contributed by atoms with Crippen molar-refractivity contribution in [2.75, 3.05) is 7.05 Å². The van der Waals surface area contributed by atoms with Gasteiger partial charge in [-0.05, 0) is 51.0 Å². The minimum absolute atomic E-state index is 0.0287. The molecule has 0 saturated carbocycles. The molecule has 2 heterocycles. The van der Waals surface area contributed by atoms with Crippen LogP contribution >= 0.6 is 23.1 Å². The van der Waals surface area contributed by atoms with Crippen LogP contribution < -0.4 is 10.7 Å². The summed E-state index contributed by atoms with van der Waals surface area (Å²) in [6, 6.07) is 5.92. The number of carbonyl (C=O) groups is 1.